The van der Waals surface area contributed by atoms with E-state index in [-0.39, 0.29) is 29.1 Å². The van der Waals surface area contributed by atoms with Gasteiger partial charge in [0.2, 0.25) is 15.9 Å². The number of carbonyl (C=O) groups excluding carboxylic acids is 1. The number of halogens is 3. The quantitative estimate of drug-likeness (QED) is 0.295. The van der Waals surface area contributed by atoms with Gasteiger partial charge in [-0.25, -0.2) is 8.42 Å². The molecule has 3 N–H and O–H groups in total. The first-order valence-electron chi connectivity index (χ1n) is 15.0. The number of alkyl halides is 2. The molecule has 2 heterocycles. The number of ether oxygens (including phenoxy) is 1. The Hall–Kier alpha value is -2.60. The summed E-state index contributed by atoms with van der Waals surface area (Å²) in [7, 11) is -4.53. The van der Waals surface area contributed by atoms with Gasteiger partial charge in [0.05, 0.1) is 11.0 Å². The van der Waals surface area contributed by atoms with Gasteiger partial charge in [-0.2, -0.15) is 13.5 Å². The molecule has 2 bridgehead atoms. The Kier molecular flexibility index (Phi) is 8.54. The number of carbonyl (C=O) groups is 1. The maximum atomic E-state index is 16.2. The molecule has 1 amide bonds. The molecule has 7 nitrogen and oxygen atoms in total. The maximum Gasteiger partial charge on any atom is 0.298 e. The summed E-state index contributed by atoms with van der Waals surface area (Å²) in [5.41, 5.74) is 5.70. The molecule has 3 fully saturated rings. The number of nitrogens with one attached hydrogen (secondary N) is 1. The van der Waals surface area contributed by atoms with Crippen molar-refractivity contribution in [3.8, 4) is 5.75 Å². The Balaban J connectivity index is 1.30. The molecular weight excluding hydrogens is 640 g/mol. The van der Waals surface area contributed by atoms with Crippen molar-refractivity contribution >= 4 is 42.6 Å². The van der Waals surface area contributed by atoms with Gasteiger partial charge in [-0.3, -0.25) is 4.79 Å². The fourth-order valence-electron chi connectivity index (χ4n) is 6.89. The summed E-state index contributed by atoms with van der Waals surface area (Å²) in [6, 6.07) is 12.1. The number of benzene rings is 3. The van der Waals surface area contributed by atoms with Crippen LogP contribution < -0.4 is 15.2 Å². The molecule has 3 atom stereocenters. The molecule has 2 aliphatic heterocycles. The largest absolute Gasteiger partial charge is 0.490 e. The van der Waals surface area contributed by atoms with Crippen molar-refractivity contribution in [2.45, 2.75) is 98.9 Å². The molecule has 0 radical (unpaired) electrons. The summed E-state index contributed by atoms with van der Waals surface area (Å²) < 4.78 is 68.7. The van der Waals surface area contributed by atoms with E-state index >= 15 is 8.78 Å². The first kappa shape index (κ1) is 30.4. The fourth-order valence-corrected chi connectivity index (χ4v) is 8.38. The van der Waals surface area contributed by atoms with Crippen molar-refractivity contribution in [3.63, 3.8) is 0 Å². The second kappa shape index (κ2) is 12.1. The average molecular weight is 677 g/mol. The molecule has 1 saturated carbocycles. The van der Waals surface area contributed by atoms with Gasteiger partial charge in [0.25, 0.3) is 5.92 Å². The zero-order valence-corrected chi connectivity index (χ0v) is 26.1. The summed E-state index contributed by atoms with van der Waals surface area (Å²) in [4.78, 5) is 15.2. The number of nitrogens with zero attached hydrogens (tertiary/aromatic N) is 1. The first-order chi connectivity index (χ1) is 20.5. The fraction of sp³-hybridized carbons (Fsp3) is 0.469. The SMILES string of the molecule is NC1CC2CCC(C1)N2C(=O)C(NS(=O)(=O)c1ccc2cc(OC3CCCCC3)ccc2c1)C(F)(F)c1ccc(Br)cc1. The number of hydrogen-bond acceptors (Lipinski definition) is 5. The Labute approximate surface area is 259 Å². The van der Waals surface area contributed by atoms with E-state index in [0.29, 0.717) is 41.3 Å². The van der Waals surface area contributed by atoms with Crippen LogP contribution in [0.25, 0.3) is 10.8 Å². The Morgan fingerprint density at radius 3 is 2.23 bits per heavy atom. The minimum atomic E-state index is -4.53. The van der Waals surface area contributed by atoms with Gasteiger partial charge in [0, 0.05) is 28.2 Å². The smallest absolute Gasteiger partial charge is 0.298 e. The number of sulfonamides is 1. The van der Waals surface area contributed by atoms with Gasteiger partial charge in [-0.15, -0.1) is 0 Å². The average Bonchev–Trinajstić information content (AvgIpc) is 3.26. The summed E-state index contributed by atoms with van der Waals surface area (Å²) >= 11 is 3.25. The van der Waals surface area contributed by atoms with Crippen molar-refractivity contribution in [1.82, 2.24) is 9.62 Å². The predicted molar refractivity (Wildman–Crippen MR) is 164 cm³/mol. The highest BCUT2D eigenvalue weighted by molar-refractivity contribution is 9.10. The topological polar surface area (TPSA) is 102 Å². The second-order valence-corrected chi connectivity index (χ2v) is 14.7. The molecule has 6 rings (SSSR count). The van der Waals surface area contributed by atoms with Gasteiger partial charge in [0.1, 0.15) is 5.75 Å². The van der Waals surface area contributed by atoms with Crippen molar-refractivity contribution in [2.24, 2.45) is 5.73 Å². The predicted octanol–water partition coefficient (Wildman–Crippen LogP) is 6.23. The molecule has 1 aliphatic carbocycles. The van der Waals surface area contributed by atoms with Crippen molar-refractivity contribution < 1.29 is 26.7 Å². The van der Waals surface area contributed by atoms with E-state index in [9.17, 15) is 13.2 Å². The van der Waals surface area contributed by atoms with E-state index in [2.05, 4.69) is 20.7 Å². The number of piperidine rings is 1. The Morgan fingerprint density at radius 2 is 1.56 bits per heavy atom. The molecule has 0 aromatic heterocycles. The van der Waals surface area contributed by atoms with Crippen LogP contribution in [0, 0.1) is 0 Å². The molecule has 3 aromatic rings. The highest BCUT2D eigenvalue weighted by Gasteiger charge is 2.53. The lowest BCUT2D eigenvalue weighted by atomic mass is 9.95. The summed E-state index contributed by atoms with van der Waals surface area (Å²) in [5, 5.41) is 1.38. The van der Waals surface area contributed by atoms with E-state index < -0.39 is 33.5 Å². The second-order valence-electron chi connectivity index (χ2n) is 12.1. The van der Waals surface area contributed by atoms with Gasteiger partial charge >= 0.3 is 0 Å². The summed E-state index contributed by atoms with van der Waals surface area (Å²) in [6.45, 7) is 0. The highest BCUT2D eigenvalue weighted by atomic mass is 79.9. The number of nitrogens with two attached hydrogens (primary N) is 1. The third-order valence-corrected chi connectivity index (χ3v) is 11.0. The number of fused-ring (bicyclic) bond motifs is 3. The van der Waals surface area contributed by atoms with E-state index in [4.69, 9.17) is 10.5 Å². The lowest BCUT2D eigenvalue weighted by molar-refractivity contribution is -0.149. The van der Waals surface area contributed by atoms with Crippen LogP contribution in [0.5, 0.6) is 5.75 Å². The zero-order chi connectivity index (χ0) is 30.4. The molecular formula is C32H36BrF2N3O4S. The lowest BCUT2D eigenvalue weighted by Gasteiger charge is -2.41. The summed E-state index contributed by atoms with van der Waals surface area (Å²) in [5.74, 6) is -4.04. The molecule has 3 unspecified atom stereocenters. The molecule has 0 spiro atoms. The van der Waals surface area contributed by atoms with Gasteiger partial charge in [0.15, 0.2) is 6.04 Å². The Morgan fingerprint density at radius 1 is 0.930 bits per heavy atom. The van der Waals surface area contributed by atoms with Gasteiger partial charge in [-0.1, -0.05) is 46.6 Å². The molecule has 3 aromatic carbocycles. The molecule has 3 aliphatic rings. The third-order valence-electron chi connectivity index (χ3n) is 9.08. The van der Waals surface area contributed by atoms with Crippen molar-refractivity contribution in [2.75, 3.05) is 0 Å². The molecule has 2 saturated heterocycles. The van der Waals surface area contributed by atoms with E-state index in [0.717, 1.165) is 31.1 Å². The van der Waals surface area contributed by atoms with E-state index in [1.165, 1.54) is 47.7 Å². The van der Waals surface area contributed by atoms with Crippen LogP contribution in [0.15, 0.2) is 70.0 Å². The van der Waals surface area contributed by atoms with E-state index in [1.807, 2.05) is 6.07 Å². The highest BCUT2D eigenvalue weighted by Crippen LogP contribution is 2.40. The van der Waals surface area contributed by atoms with Crippen LogP contribution in [0.1, 0.15) is 63.4 Å². The third kappa shape index (κ3) is 6.32. The van der Waals surface area contributed by atoms with Gasteiger partial charge < -0.3 is 15.4 Å². The number of hydrogen-bond donors (Lipinski definition) is 2. The molecule has 11 heteroatoms. The monoisotopic (exact) mass is 675 g/mol. The maximum absolute atomic E-state index is 16.2. The zero-order valence-electron chi connectivity index (χ0n) is 23.7. The lowest BCUT2D eigenvalue weighted by Crippen LogP contribution is -2.60. The molecule has 43 heavy (non-hydrogen) atoms. The van der Waals surface area contributed by atoms with E-state index in [1.54, 1.807) is 18.2 Å². The molecule has 230 valence electrons. The van der Waals surface area contributed by atoms with Crippen LogP contribution in [0.4, 0.5) is 8.78 Å². The van der Waals surface area contributed by atoms with Crippen LogP contribution in [-0.4, -0.2) is 49.5 Å². The Bertz CT molecular complexity index is 1580. The first-order valence-corrected chi connectivity index (χ1v) is 17.2. The van der Waals surface area contributed by atoms with Crippen molar-refractivity contribution in [3.05, 3.63) is 70.7 Å². The van der Waals surface area contributed by atoms with Crippen molar-refractivity contribution in [1.29, 1.82) is 0 Å². The van der Waals surface area contributed by atoms with Crippen LogP contribution >= 0.6 is 15.9 Å². The summed E-state index contributed by atoms with van der Waals surface area (Å²) in [6.07, 6.45) is 8.02. The number of rotatable bonds is 8. The number of amides is 1. The normalized spacial score (nSPS) is 23.8. The minimum absolute atomic E-state index is 0.116. The standard InChI is InChI=1S/C32H36BrF2N3O4S/c33-23-10-8-22(9-11-23)32(34,35)30(31(39)38-25-12-13-26(38)19-24(36)18-25)37-43(40,41)29-15-7-20-16-28(14-6-21(20)17-29)42-27-4-2-1-3-5-27/h6-11,14-17,24-27,30,37H,1-5,12-13,18-19,36H2. The van der Waals surface area contributed by atoms with Crippen LogP contribution in [0.2, 0.25) is 0 Å². The van der Waals surface area contributed by atoms with Gasteiger partial charge in [-0.05, 0) is 98.5 Å². The minimum Gasteiger partial charge on any atom is -0.490 e. The van der Waals surface area contributed by atoms with Crippen LogP contribution in [0.3, 0.4) is 0 Å². The van der Waals surface area contributed by atoms with Crippen LogP contribution in [-0.2, 0) is 20.7 Å².